The summed E-state index contributed by atoms with van der Waals surface area (Å²) in [4.78, 5) is 0. The fraction of sp³-hybridized carbons (Fsp3) is 0.444. The van der Waals surface area contributed by atoms with Crippen LogP contribution in [0.1, 0.15) is 25.5 Å². The third kappa shape index (κ3) is 2.54. The molecule has 0 saturated heterocycles. The Morgan fingerprint density at radius 3 is 2.91 bits per heavy atom. The number of rotatable bonds is 3. The molecule has 0 radical (unpaired) electrons. The van der Waals surface area contributed by atoms with E-state index in [1.165, 1.54) is 18.5 Å². The van der Waals surface area contributed by atoms with E-state index >= 15 is 0 Å². The van der Waals surface area contributed by atoms with Crippen molar-refractivity contribution in [2.24, 2.45) is 0 Å². The lowest BCUT2D eigenvalue weighted by Crippen LogP contribution is -2.25. The smallest absolute Gasteiger partial charge is 0.134 e. The van der Waals surface area contributed by atoms with Gasteiger partial charge in [0.05, 0.1) is 0 Å². The summed E-state index contributed by atoms with van der Waals surface area (Å²) in [6.07, 6.45) is 5.57. The highest BCUT2D eigenvalue weighted by Crippen LogP contribution is 1.99. The van der Waals surface area contributed by atoms with Gasteiger partial charge >= 0.3 is 0 Å². The lowest BCUT2D eigenvalue weighted by atomic mass is 10.2. The molecule has 0 amide bonds. The molecule has 0 fully saturated rings. The highest BCUT2D eigenvalue weighted by molar-refractivity contribution is 7.73. The Morgan fingerprint density at radius 1 is 1.45 bits per heavy atom. The van der Waals surface area contributed by atoms with Crippen molar-refractivity contribution in [3.8, 4) is 0 Å². The minimum Gasteiger partial charge on any atom is -0.134 e. The molecule has 0 saturated carbocycles. The summed E-state index contributed by atoms with van der Waals surface area (Å²) in [6.45, 7) is 2.20. The Labute approximate surface area is 73.6 Å². The monoisotopic (exact) mass is 168 g/mol. The molecule has 0 spiro atoms. The molecular formula is C9H14NS+. The van der Waals surface area contributed by atoms with Crippen molar-refractivity contribution >= 4 is 12.8 Å². The van der Waals surface area contributed by atoms with E-state index in [9.17, 15) is 0 Å². The summed E-state index contributed by atoms with van der Waals surface area (Å²) in [6, 6.07) is 6.16. The topological polar surface area (TPSA) is 3.88 Å². The fourth-order valence-corrected chi connectivity index (χ4v) is 1.27. The second-order valence-corrected chi connectivity index (χ2v) is 3.07. The van der Waals surface area contributed by atoms with E-state index in [1.54, 1.807) is 0 Å². The van der Waals surface area contributed by atoms with Crippen LogP contribution in [0.2, 0.25) is 0 Å². The van der Waals surface area contributed by atoms with Gasteiger partial charge in [-0.15, -0.1) is 3.97 Å². The second-order valence-electron chi connectivity index (χ2n) is 2.64. The summed E-state index contributed by atoms with van der Waals surface area (Å²) < 4.78 is 1.88. The van der Waals surface area contributed by atoms with Gasteiger partial charge in [0.15, 0.2) is 11.9 Å². The fourth-order valence-electron chi connectivity index (χ4n) is 1.03. The molecule has 1 heterocycles. The largest absolute Gasteiger partial charge is 0.195 e. The molecule has 11 heavy (non-hydrogen) atoms. The molecule has 1 rings (SSSR count). The van der Waals surface area contributed by atoms with Crippen LogP contribution in [0.4, 0.5) is 0 Å². The maximum Gasteiger partial charge on any atom is 0.195 e. The van der Waals surface area contributed by atoms with Crippen LogP contribution in [0.25, 0.3) is 0 Å². The van der Waals surface area contributed by atoms with Crippen LogP contribution in [0.5, 0.6) is 0 Å². The standard InChI is InChI=1S/C9H14NS/c1-2-3-6-9-7-4-5-8-10(9)11/h4-5,7-8,11H,2-3,6H2,1H3/q+1. The Bertz CT molecular complexity index is 223. The van der Waals surface area contributed by atoms with Crippen LogP contribution in [0.15, 0.2) is 24.4 Å². The third-order valence-corrected chi connectivity index (χ3v) is 2.10. The first kappa shape index (κ1) is 8.60. The molecule has 1 aromatic heterocycles. The molecule has 0 aliphatic carbocycles. The van der Waals surface area contributed by atoms with Gasteiger partial charge in [0.2, 0.25) is 0 Å². The summed E-state index contributed by atoms with van der Waals surface area (Å²) in [7, 11) is 0. The number of pyridine rings is 1. The van der Waals surface area contributed by atoms with Gasteiger partial charge in [-0.05, 0) is 6.42 Å². The highest BCUT2D eigenvalue weighted by atomic mass is 32.1. The lowest BCUT2D eigenvalue weighted by molar-refractivity contribution is -0.499. The van der Waals surface area contributed by atoms with Crippen LogP contribution in [0.3, 0.4) is 0 Å². The number of unbranched alkanes of at least 4 members (excludes halogenated alkanes) is 1. The van der Waals surface area contributed by atoms with Crippen molar-refractivity contribution in [3.05, 3.63) is 30.1 Å². The molecule has 0 aromatic carbocycles. The van der Waals surface area contributed by atoms with Crippen LogP contribution < -0.4 is 3.97 Å². The van der Waals surface area contributed by atoms with Gasteiger partial charge in [0.1, 0.15) is 12.8 Å². The maximum atomic E-state index is 4.29. The SMILES string of the molecule is CCCCc1cccc[n+]1S. The number of aryl methyl sites for hydroxylation is 1. The van der Waals surface area contributed by atoms with Gasteiger partial charge < -0.3 is 0 Å². The molecule has 0 N–H and O–H groups in total. The quantitative estimate of drug-likeness (QED) is 0.520. The van der Waals surface area contributed by atoms with Crippen molar-refractivity contribution in [2.45, 2.75) is 26.2 Å². The molecule has 0 atom stereocenters. The van der Waals surface area contributed by atoms with E-state index in [0.29, 0.717) is 0 Å². The average molecular weight is 168 g/mol. The second kappa shape index (κ2) is 4.39. The maximum absolute atomic E-state index is 4.29. The van der Waals surface area contributed by atoms with Crippen molar-refractivity contribution in [3.63, 3.8) is 0 Å². The number of hydrogen-bond donors (Lipinski definition) is 1. The van der Waals surface area contributed by atoms with Crippen LogP contribution in [-0.4, -0.2) is 0 Å². The summed E-state index contributed by atoms with van der Waals surface area (Å²) in [5.74, 6) is 0. The minimum atomic E-state index is 1.13. The number of nitrogens with zero attached hydrogens (tertiary/aromatic N) is 1. The molecule has 1 nitrogen and oxygen atoms in total. The number of aromatic nitrogens is 1. The van der Waals surface area contributed by atoms with E-state index in [1.807, 2.05) is 16.2 Å². The zero-order valence-electron chi connectivity index (χ0n) is 6.83. The molecule has 0 aliphatic heterocycles. The van der Waals surface area contributed by atoms with Gasteiger partial charge in [-0.3, -0.25) is 0 Å². The molecule has 0 bridgehead atoms. The van der Waals surface area contributed by atoms with E-state index in [-0.39, 0.29) is 0 Å². The predicted octanol–water partition coefficient (Wildman–Crippen LogP) is 2.01. The highest BCUT2D eigenvalue weighted by Gasteiger charge is 2.03. The minimum absolute atomic E-state index is 1.13. The summed E-state index contributed by atoms with van der Waals surface area (Å²) >= 11 is 4.29. The van der Waals surface area contributed by atoms with E-state index < -0.39 is 0 Å². The molecular weight excluding hydrogens is 154 g/mol. The first-order chi connectivity index (χ1) is 5.34. The van der Waals surface area contributed by atoms with E-state index in [2.05, 4.69) is 31.9 Å². The van der Waals surface area contributed by atoms with Gasteiger partial charge in [-0.25, -0.2) is 0 Å². The molecule has 60 valence electrons. The van der Waals surface area contributed by atoms with Gasteiger partial charge in [0.25, 0.3) is 0 Å². The molecule has 0 unspecified atom stereocenters. The first-order valence-corrected chi connectivity index (χ1v) is 4.43. The molecule has 1 aromatic rings. The zero-order valence-corrected chi connectivity index (χ0v) is 7.72. The molecule has 0 aliphatic rings. The number of hydrogen-bond acceptors (Lipinski definition) is 1. The average Bonchev–Trinajstić information content (AvgIpc) is 2.03. The Morgan fingerprint density at radius 2 is 2.27 bits per heavy atom. The lowest BCUT2D eigenvalue weighted by Gasteiger charge is -1.94. The van der Waals surface area contributed by atoms with E-state index in [4.69, 9.17) is 0 Å². The van der Waals surface area contributed by atoms with Crippen LogP contribution >= 0.6 is 12.8 Å². The van der Waals surface area contributed by atoms with Crippen molar-refractivity contribution in [2.75, 3.05) is 0 Å². The van der Waals surface area contributed by atoms with Crippen molar-refractivity contribution in [1.29, 1.82) is 0 Å². The zero-order chi connectivity index (χ0) is 8.10. The first-order valence-electron chi connectivity index (χ1n) is 4.03. The Hall–Kier alpha value is -0.500. The van der Waals surface area contributed by atoms with Gasteiger partial charge in [-0.1, -0.05) is 19.4 Å². The van der Waals surface area contributed by atoms with Gasteiger partial charge in [0, 0.05) is 18.6 Å². The summed E-state index contributed by atoms with van der Waals surface area (Å²) in [5, 5.41) is 0. The third-order valence-electron chi connectivity index (χ3n) is 1.71. The summed E-state index contributed by atoms with van der Waals surface area (Å²) in [5.41, 5.74) is 1.29. The van der Waals surface area contributed by atoms with Crippen molar-refractivity contribution in [1.82, 2.24) is 0 Å². The van der Waals surface area contributed by atoms with Gasteiger partial charge in [-0.2, -0.15) is 0 Å². The Balaban J connectivity index is 2.62. The Kier molecular flexibility index (Phi) is 3.43. The molecule has 2 heteroatoms. The number of thiol groups is 1. The van der Waals surface area contributed by atoms with E-state index in [0.717, 1.165) is 6.42 Å². The predicted molar refractivity (Wildman–Crippen MR) is 49.6 cm³/mol. The van der Waals surface area contributed by atoms with Crippen LogP contribution in [0, 0.1) is 0 Å². The van der Waals surface area contributed by atoms with Crippen molar-refractivity contribution < 1.29 is 3.97 Å². The normalized spacial score (nSPS) is 10.0. The van der Waals surface area contributed by atoms with Crippen LogP contribution in [-0.2, 0) is 6.42 Å².